The molecule has 0 radical (unpaired) electrons. The van der Waals surface area contributed by atoms with Gasteiger partial charge in [0.1, 0.15) is 0 Å². The van der Waals surface area contributed by atoms with E-state index in [1.165, 1.54) is 55.6 Å². The first-order chi connectivity index (χ1) is 18.3. The van der Waals surface area contributed by atoms with Gasteiger partial charge in [0.2, 0.25) is 0 Å². The fourth-order valence-electron chi connectivity index (χ4n) is 6.22. The molecule has 0 aliphatic rings. The lowest BCUT2D eigenvalue weighted by Crippen LogP contribution is -1.96. The predicted molar refractivity (Wildman–Crippen MR) is 162 cm³/mol. The second-order valence-electron chi connectivity index (χ2n) is 10.8. The number of aryl methyl sites for hydroxylation is 6. The van der Waals surface area contributed by atoms with Crippen molar-refractivity contribution >= 4 is 21.8 Å². The monoisotopic (exact) mass is 492 g/mol. The highest BCUT2D eigenvalue weighted by atomic mass is 14.7. The minimum atomic E-state index is 0.943. The highest BCUT2D eigenvalue weighted by molar-refractivity contribution is 6.03. The molecule has 0 saturated heterocycles. The molecule has 0 N–H and O–H groups in total. The van der Waals surface area contributed by atoms with E-state index in [1.54, 1.807) is 0 Å². The zero-order valence-corrected chi connectivity index (χ0v) is 23.0. The van der Waals surface area contributed by atoms with Crippen molar-refractivity contribution in [2.75, 3.05) is 0 Å². The number of rotatable bonds is 3. The normalized spacial score (nSPS) is 11.4. The maximum atomic E-state index is 5.20. The Morgan fingerprint density at radius 3 is 1.50 bits per heavy atom. The van der Waals surface area contributed by atoms with Crippen LogP contribution in [0.25, 0.3) is 55.3 Å². The molecule has 2 aromatic heterocycles. The van der Waals surface area contributed by atoms with Crippen LogP contribution in [0.1, 0.15) is 33.4 Å². The molecule has 6 aromatic rings. The van der Waals surface area contributed by atoms with Crippen molar-refractivity contribution in [3.63, 3.8) is 0 Å². The van der Waals surface area contributed by atoms with Gasteiger partial charge >= 0.3 is 0 Å². The molecule has 0 saturated carbocycles. The van der Waals surface area contributed by atoms with Crippen LogP contribution in [0.4, 0.5) is 0 Å². The fourth-order valence-corrected chi connectivity index (χ4v) is 6.22. The zero-order chi connectivity index (χ0) is 26.6. The molecule has 186 valence electrons. The summed E-state index contributed by atoms with van der Waals surface area (Å²) in [5.41, 5.74) is 16.8. The highest BCUT2D eigenvalue weighted by Gasteiger charge is 2.15. The first-order valence-corrected chi connectivity index (χ1v) is 13.2. The van der Waals surface area contributed by atoms with Crippen LogP contribution in [0.5, 0.6) is 0 Å². The van der Waals surface area contributed by atoms with Crippen molar-refractivity contribution in [2.24, 2.45) is 0 Å². The number of nitrogens with zero attached hydrogens (tertiary/aromatic N) is 2. The summed E-state index contributed by atoms with van der Waals surface area (Å²) in [4.78, 5) is 9.87. The average molecular weight is 493 g/mol. The van der Waals surface area contributed by atoms with E-state index in [9.17, 15) is 0 Å². The van der Waals surface area contributed by atoms with Crippen LogP contribution < -0.4 is 0 Å². The van der Waals surface area contributed by atoms with Crippen LogP contribution in [-0.2, 0) is 0 Å². The van der Waals surface area contributed by atoms with E-state index in [2.05, 4.69) is 119 Å². The molecular weight excluding hydrogens is 460 g/mol. The van der Waals surface area contributed by atoms with Crippen LogP contribution in [0.15, 0.2) is 85.1 Å². The van der Waals surface area contributed by atoms with Gasteiger partial charge in [-0.25, -0.2) is 4.98 Å². The van der Waals surface area contributed by atoms with E-state index >= 15 is 0 Å². The number of pyridine rings is 2. The van der Waals surface area contributed by atoms with E-state index in [-0.39, 0.29) is 0 Å². The Hall–Kier alpha value is -4.30. The third-order valence-electron chi connectivity index (χ3n) is 7.59. The summed E-state index contributed by atoms with van der Waals surface area (Å²) in [6.07, 6.45) is 1.85. The molecule has 0 amide bonds. The van der Waals surface area contributed by atoms with Gasteiger partial charge < -0.3 is 0 Å². The summed E-state index contributed by atoms with van der Waals surface area (Å²) >= 11 is 0. The van der Waals surface area contributed by atoms with E-state index in [0.717, 1.165) is 33.1 Å². The van der Waals surface area contributed by atoms with E-state index in [0.29, 0.717) is 0 Å². The highest BCUT2D eigenvalue weighted by Crippen LogP contribution is 2.38. The molecule has 2 heterocycles. The second kappa shape index (κ2) is 9.22. The van der Waals surface area contributed by atoms with E-state index in [1.807, 2.05) is 12.3 Å². The summed E-state index contributed by atoms with van der Waals surface area (Å²) in [5.74, 6) is 0. The van der Waals surface area contributed by atoms with E-state index < -0.39 is 0 Å². The van der Waals surface area contributed by atoms with Crippen LogP contribution >= 0.6 is 0 Å². The summed E-state index contributed by atoms with van der Waals surface area (Å²) in [5, 5.41) is 2.21. The lowest BCUT2D eigenvalue weighted by molar-refractivity contribution is 1.31. The molecule has 0 atom stereocenters. The number of hydrogen-bond donors (Lipinski definition) is 0. The number of benzene rings is 4. The molecule has 0 aliphatic carbocycles. The molecule has 0 bridgehead atoms. The van der Waals surface area contributed by atoms with Crippen LogP contribution in [0.2, 0.25) is 0 Å². The Kier molecular flexibility index (Phi) is 5.84. The van der Waals surface area contributed by atoms with Gasteiger partial charge in [-0.3, -0.25) is 4.98 Å². The van der Waals surface area contributed by atoms with Gasteiger partial charge in [0.25, 0.3) is 0 Å². The number of fused-ring (bicyclic) bond motifs is 3. The van der Waals surface area contributed by atoms with Gasteiger partial charge in [0.05, 0.1) is 16.7 Å². The van der Waals surface area contributed by atoms with Crippen molar-refractivity contribution in [2.45, 2.75) is 41.5 Å². The van der Waals surface area contributed by atoms with Gasteiger partial charge in [-0.15, -0.1) is 0 Å². The SMILES string of the molecule is Cc1cc(C)c(-c2cc(-c3ccc4ccc5cccnc5c4n3)cc(-c3c(C)cc(C)cc3C)c2)c(C)c1. The van der Waals surface area contributed by atoms with Crippen LogP contribution in [0.3, 0.4) is 0 Å². The van der Waals surface area contributed by atoms with Crippen molar-refractivity contribution < 1.29 is 0 Å². The third kappa shape index (κ3) is 4.16. The molecule has 2 heteroatoms. The predicted octanol–water partition coefficient (Wildman–Crippen LogP) is 9.63. The molecular formula is C36H32N2. The lowest BCUT2D eigenvalue weighted by Gasteiger charge is -2.18. The molecule has 0 unspecified atom stereocenters. The number of aromatic nitrogens is 2. The van der Waals surface area contributed by atoms with Crippen molar-refractivity contribution in [3.8, 4) is 33.5 Å². The first-order valence-electron chi connectivity index (χ1n) is 13.2. The minimum absolute atomic E-state index is 0.943. The van der Waals surface area contributed by atoms with Crippen LogP contribution in [-0.4, -0.2) is 9.97 Å². The Labute approximate surface area is 225 Å². The molecule has 2 nitrogen and oxygen atoms in total. The van der Waals surface area contributed by atoms with E-state index in [4.69, 9.17) is 4.98 Å². The minimum Gasteiger partial charge on any atom is -0.254 e. The molecule has 0 fully saturated rings. The summed E-state index contributed by atoms with van der Waals surface area (Å²) in [7, 11) is 0. The lowest BCUT2D eigenvalue weighted by atomic mass is 9.87. The van der Waals surface area contributed by atoms with Crippen molar-refractivity contribution in [1.29, 1.82) is 0 Å². The molecule has 4 aromatic carbocycles. The smallest absolute Gasteiger partial charge is 0.0972 e. The number of hydrogen-bond acceptors (Lipinski definition) is 2. The summed E-state index contributed by atoms with van der Waals surface area (Å²) < 4.78 is 0. The summed E-state index contributed by atoms with van der Waals surface area (Å²) in [6.45, 7) is 13.2. The fraction of sp³-hybridized carbons (Fsp3) is 0.167. The van der Waals surface area contributed by atoms with Gasteiger partial charge in [0, 0.05) is 22.5 Å². The Bertz CT molecular complexity index is 1760. The van der Waals surface area contributed by atoms with Crippen molar-refractivity contribution in [1.82, 2.24) is 9.97 Å². The second-order valence-corrected chi connectivity index (χ2v) is 10.8. The topological polar surface area (TPSA) is 25.8 Å². The van der Waals surface area contributed by atoms with Gasteiger partial charge in [-0.2, -0.15) is 0 Å². The van der Waals surface area contributed by atoms with Gasteiger partial charge in [-0.05, 0) is 116 Å². The first kappa shape index (κ1) is 24.1. The summed E-state index contributed by atoms with van der Waals surface area (Å²) in [6, 6.07) is 28.7. The molecule has 0 spiro atoms. The molecule has 38 heavy (non-hydrogen) atoms. The zero-order valence-electron chi connectivity index (χ0n) is 23.0. The molecule has 0 aliphatic heterocycles. The molecule has 6 rings (SSSR count). The maximum absolute atomic E-state index is 5.20. The van der Waals surface area contributed by atoms with Crippen molar-refractivity contribution in [3.05, 3.63) is 118 Å². The standard InChI is InChI=1S/C36H32N2/c1-21-14-23(3)33(24(4)15-21)30-18-29(19-31(20-30)34-25(5)16-22(2)17-26(34)6)32-12-11-28-10-9-27-8-7-13-37-35(27)36(28)38-32/h7-20H,1-6H3. The maximum Gasteiger partial charge on any atom is 0.0972 e. The third-order valence-corrected chi connectivity index (χ3v) is 7.59. The Morgan fingerprint density at radius 1 is 0.474 bits per heavy atom. The Balaban J connectivity index is 1.65. The largest absolute Gasteiger partial charge is 0.254 e. The van der Waals surface area contributed by atoms with Crippen LogP contribution in [0, 0.1) is 41.5 Å². The quantitative estimate of drug-likeness (QED) is 0.230. The van der Waals surface area contributed by atoms with Gasteiger partial charge in [-0.1, -0.05) is 59.7 Å². The average Bonchev–Trinajstić information content (AvgIpc) is 2.87. The van der Waals surface area contributed by atoms with Gasteiger partial charge in [0.15, 0.2) is 0 Å². The Morgan fingerprint density at radius 2 is 0.947 bits per heavy atom.